The highest BCUT2D eigenvalue weighted by Crippen LogP contribution is 2.19. The van der Waals surface area contributed by atoms with Crippen molar-refractivity contribution in [2.24, 2.45) is 5.92 Å². The minimum atomic E-state index is -0.571. The summed E-state index contributed by atoms with van der Waals surface area (Å²) in [7, 11) is 0. The van der Waals surface area contributed by atoms with Crippen LogP contribution in [0.15, 0.2) is 0 Å². The van der Waals surface area contributed by atoms with Crippen LogP contribution in [0.5, 0.6) is 0 Å². The zero-order valence-electron chi connectivity index (χ0n) is 8.69. The largest absolute Gasteiger partial charge is 0.391 e. The number of nitrogens with zero attached hydrogens (tertiary/aromatic N) is 1. The fraction of sp³-hybridized carbons (Fsp3) is 0.800. The van der Waals surface area contributed by atoms with Crippen LogP contribution in [0.3, 0.4) is 0 Å². The minimum Gasteiger partial charge on any atom is -0.391 e. The molecular weight excluding hydrogens is 182 g/mol. The van der Waals surface area contributed by atoms with E-state index in [1.54, 1.807) is 6.92 Å². The molecule has 1 heterocycles. The number of imide groups is 1. The fourth-order valence-electron chi connectivity index (χ4n) is 1.68. The van der Waals surface area contributed by atoms with Crippen molar-refractivity contribution in [3.8, 4) is 0 Å². The Kier molecular flexibility index (Phi) is 3.63. The minimum absolute atomic E-state index is 0.148. The number of amides is 2. The van der Waals surface area contributed by atoms with Crippen molar-refractivity contribution in [2.45, 2.75) is 39.2 Å². The normalized spacial score (nSPS) is 24.5. The van der Waals surface area contributed by atoms with Crippen molar-refractivity contribution in [3.63, 3.8) is 0 Å². The van der Waals surface area contributed by atoms with Crippen LogP contribution in [0.4, 0.5) is 0 Å². The molecule has 0 aromatic carbocycles. The lowest BCUT2D eigenvalue weighted by Crippen LogP contribution is -2.37. The summed E-state index contributed by atoms with van der Waals surface area (Å²) in [6.07, 6.45) is 1.20. The predicted octanol–water partition coefficient (Wildman–Crippen LogP) is 0.542. The number of aliphatic hydroxyl groups is 1. The van der Waals surface area contributed by atoms with E-state index in [1.807, 2.05) is 6.92 Å². The van der Waals surface area contributed by atoms with Crippen LogP contribution in [0.2, 0.25) is 0 Å². The van der Waals surface area contributed by atoms with E-state index in [9.17, 15) is 14.7 Å². The molecule has 0 spiro atoms. The van der Waals surface area contributed by atoms with Gasteiger partial charge in [0.2, 0.25) is 11.8 Å². The Morgan fingerprint density at radius 2 is 2.21 bits per heavy atom. The summed E-state index contributed by atoms with van der Waals surface area (Å²) in [4.78, 5) is 24.0. The van der Waals surface area contributed by atoms with Gasteiger partial charge in [0.1, 0.15) is 0 Å². The maximum Gasteiger partial charge on any atom is 0.232 e. The third-order valence-electron chi connectivity index (χ3n) is 2.48. The second kappa shape index (κ2) is 4.55. The highest BCUT2D eigenvalue weighted by molar-refractivity contribution is 6.03. The summed E-state index contributed by atoms with van der Waals surface area (Å²) in [5.74, 6) is -0.515. The molecule has 0 aromatic rings. The van der Waals surface area contributed by atoms with Crippen molar-refractivity contribution < 1.29 is 14.7 Å². The molecule has 80 valence electrons. The lowest BCUT2D eigenvalue weighted by molar-refractivity contribution is -0.140. The van der Waals surface area contributed by atoms with E-state index in [4.69, 9.17) is 0 Å². The van der Waals surface area contributed by atoms with Crippen molar-refractivity contribution in [1.82, 2.24) is 4.90 Å². The monoisotopic (exact) mass is 199 g/mol. The van der Waals surface area contributed by atoms with Gasteiger partial charge in [-0.15, -0.1) is 0 Å². The quantitative estimate of drug-likeness (QED) is 0.672. The van der Waals surface area contributed by atoms with Gasteiger partial charge in [-0.05, 0) is 6.42 Å². The summed E-state index contributed by atoms with van der Waals surface area (Å²) < 4.78 is 0. The van der Waals surface area contributed by atoms with Crippen molar-refractivity contribution in [3.05, 3.63) is 0 Å². The molecule has 1 aliphatic rings. The first-order chi connectivity index (χ1) is 6.56. The third kappa shape index (κ3) is 2.32. The van der Waals surface area contributed by atoms with Crippen LogP contribution >= 0.6 is 0 Å². The number of hydrogen-bond donors (Lipinski definition) is 1. The van der Waals surface area contributed by atoms with E-state index < -0.39 is 6.10 Å². The van der Waals surface area contributed by atoms with Crippen molar-refractivity contribution in [1.29, 1.82) is 0 Å². The second-order valence-electron chi connectivity index (χ2n) is 3.89. The second-order valence-corrected chi connectivity index (χ2v) is 3.89. The molecule has 1 aliphatic heterocycles. The van der Waals surface area contributed by atoms with Crippen LogP contribution in [0.1, 0.15) is 33.1 Å². The van der Waals surface area contributed by atoms with Gasteiger partial charge in [-0.3, -0.25) is 14.5 Å². The van der Waals surface area contributed by atoms with Crippen molar-refractivity contribution >= 4 is 11.8 Å². The third-order valence-corrected chi connectivity index (χ3v) is 2.48. The van der Waals surface area contributed by atoms with Gasteiger partial charge >= 0.3 is 0 Å². The summed E-state index contributed by atoms with van der Waals surface area (Å²) in [6, 6.07) is 0. The molecule has 1 saturated heterocycles. The van der Waals surface area contributed by atoms with E-state index in [1.165, 1.54) is 4.90 Å². The molecule has 2 amide bonds. The summed E-state index contributed by atoms with van der Waals surface area (Å²) in [5.41, 5.74) is 0. The molecule has 4 nitrogen and oxygen atoms in total. The molecule has 0 aliphatic carbocycles. The Labute approximate surface area is 83.9 Å². The Morgan fingerprint density at radius 3 is 2.64 bits per heavy atom. The van der Waals surface area contributed by atoms with E-state index in [0.717, 1.165) is 6.42 Å². The number of likely N-dealkylation sites (tertiary alicyclic amines) is 1. The Morgan fingerprint density at radius 1 is 1.57 bits per heavy atom. The summed E-state index contributed by atoms with van der Waals surface area (Å²) in [5, 5.41) is 9.49. The zero-order chi connectivity index (χ0) is 10.7. The van der Waals surface area contributed by atoms with Gasteiger partial charge in [0.25, 0.3) is 0 Å². The smallest absolute Gasteiger partial charge is 0.232 e. The van der Waals surface area contributed by atoms with Crippen LogP contribution in [0, 0.1) is 5.92 Å². The van der Waals surface area contributed by atoms with Gasteiger partial charge in [0.05, 0.1) is 12.6 Å². The molecule has 1 rings (SSSR count). The van der Waals surface area contributed by atoms with Gasteiger partial charge in [-0.25, -0.2) is 0 Å². The number of carbonyl (C=O) groups is 2. The SMILES string of the molecule is CCCC(O)CN1C(=O)CC(C)C1=O. The molecular formula is C10H17NO3. The number of aliphatic hydroxyl groups excluding tert-OH is 1. The van der Waals surface area contributed by atoms with Crippen molar-refractivity contribution in [2.75, 3.05) is 6.54 Å². The van der Waals surface area contributed by atoms with E-state index in [0.29, 0.717) is 6.42 Å². The van der Waals surface area contributed by atoms with Gasteiger partial charge in [0, 0.05) is 12.3 Å². The van der Waals surface area contributed by atoms with E-state index >= 15 is 0 Å². The fourth-order valence-corrected chi connectivity index (χ4v) is 1.68. The number of rotatable bonds is 4. The van der Waals surface area contributed by atoms with Crippen LogP contribution in [-0.4, -0.2) is 34.5 Å². The van der Waals surface area contributed by atoms with Gasteiger partial charge in [-0.1, -0.05) is 20.3 Å². The number of carbonyl (C=O) groups excluding carboxylic acids is 2. The van der Waals surface area contributed by atoms with Crippen LogP contribution in [0.25, 0.3) is 0 Å². The Hall–Kier alpha value is -0.900. The first kappa shape index (κ1) is 11.2. The molecule has 1 N–H and O–H groups in total. The molecule has 14 heavy (non-hydrogen) atoms. The maximum absolute atomic E-state index is 11.4. The molecule has 0 aromatic heterocycles. The topological polar surface area (TPSA) is 57.6 Å². The standard InChI is InChI=1S/C10H17NO3/c1-3-4-8(12)6-11-9(13)5-7(2)10(11)14/h7-8,12H,3-6H2,1-2H3. The molecule has 0 saturated carbocycles. The predicted molar refractivity (Wildman–Crippen MR) is 51.4 cm³/mol. The summed E-state index contributed by atoms with van der Waals surface area (Å²) >= 11 is 0. The molecule has 2 unspecified atom stereocenters. The van der Waals surface area contributed by atoms with E-state index in [-0.39, 0.29) is 30.7 Å². The van der Waals surface area contributed by atoms with Gasteiger partial charge in [0.15, 0.2) is 0 Å². The average molecular weight is 199 g/mol. The van der Waals surface area contributed by atoms with Gasteiger partial charge in [-0.2, -0.15) is 0 Å². The lowest BCUT2D eigenvalue weighted by atomic mass is 10.1. The molecule has 0 radical (unpaired) electrons. The number of hydrogen-bond acceptors (Lipinski definition) is 3. The maximum atomic E-state index is 11.4. The summed E-state index contributed by atoms with van der Waals surface area (Å²) in [6.45, 7) is 3.86. The first-order valence-corrected chi connectivity index (χ1v) is 5.08. The highest BCUT2D eigenvalue weighted by atomic mass is 16.3. The molecule has 4 heteroatoms. The molecule has 1 fully saturated rings. The Bertz CT molecular complexity index is 240. The average Bonchev–Trinajstić information content (AvgIpc) is 2.33. The lowest BCUT2D eigenvalue weighted by Gasteiger charge is -2.18. The van der Waals surface area contributed by atoms with E-state index in [2.05, 4.69) is 0 Å². The molecule has 2 atom stereocenters. The van der Waals surface area contributed by atoms with Crippen LogP contribution < -0.4 is 0 Å². The number of β-amino-alcohol motifs (C(OH)–C–C–N with tert-alkyl or cyclic N) is 1. The zero-order valence-corrected chi connectivity index (χ0v) is 8.69. The van der Waals surface area contributed by atoms with Crippen LogP contribution in [-0.2, 0) is 9.59 Å². The Balaban J connectivity index is 2.51. The first-order valence-electron chi connectivity index (χ1n) is 5.08. The highest BCUT2D eigenvalue weighted by Gasteiger charge is 2.36. The molecule has 0 bridgehead atoms. The van der Waals surface area contributed by atoms with Gasteiger partial charge < -0.3 is 5.11 Å².